The summed E-state index contributed by atoms with van der Waals surface area (Å²) in [5.41, 5.74) is 1.74. The molecule has 1 aliphatic rings. The topological polar surface area (TPSA) is 67.4 Å². The van der Waals surface area contributed by atoms with Crippen LogP contribution < -0.4 is 15.4 Å². The van der Waals surface area contributed by atoms with Crippen LogP contribution in [0.4, 0.5) is 5.00 Å². The fourth-order valence-corrected chi connectivity index (χ4v) is 4.60. The van der Waals surface area contributed by atoms with Crippen LogP contribution in [-0.2, 0) is 17.6 Å². The Balaban J connectivity index is 1.66. The molecule has 3 rings (SSSR count). The van der Waals surface area contributed by atoms with E-state index in [1.165, 1.54) is 16.2 Å². The van der Waals surface area contributed by atoms with E-state index >= 15 is 0 Å². The van der Waals surface area contributed by atoms with E-state index in [2.05, 4.69) is 17.6 Å². The molecule has 0 radical (unpaired) electrons. The SMILES string of the molecule is CNC(=O)c1c(NC(=O)CCOc2ccccc2)sc2c1CC[C@@H](C)C2. The first-order chi connectivity index (χ1) is 12.6. The minimum atomic E-state index is -0.141. The summed E-state index contributed by atoms with van der Waals surface area (Å²) in [5.74, 6) is 1.08. The number of para-hydroxylation sites is 1. The van der Waals surface area contributed by atoms with E-state index in [-0.39, 0.29) is 18.2 Å². The molecular formula is C20H24N2O3S. The highest BCUT2D eigenvalue weighted by Gasteiger charge is 2.27. The molecule has 0 unspecified atom stereocenters. The van der Waals surface area contributed by atoms with Gasteiger partial charge in [0.15, 0.2) is 0 Å². The van der Waals surface area contributed by atoms with Crippen LogP contribution in [-0.4, -0.2) is 25.5 Å². The maximum atomic E-state index is 12.3. The number of benzene rings is 1. The van der Waals surface area contributed by atoms with Crippen molar-refractivity contribution in [1.29, 1.82) is 0 Å². The van der Waals surface area contributed by atoms with Gasteiger partial charge in [0.1, 0.15) is 10.8 Å². The zero-order valence-electron chi connectivity index (χ0n) is 15.1. The Bertz CT molecular complexity index is 786. The molecule has 6 heteroatoms. The molecule has 2 amide bonds. The fourth-order valence-electron chi connectivity index (χ4n) is 3.17. The Morgan fingerprint density at radius 2 is 2.04 bits per heavy atom. The Hall–Kier alpha value is -2.34. The van der Waals surface area contributed by atoms with E-state index < -0.39 is 0 Å². The quantitative estimate of drug-likeness (QED) is 0.813. The number of ether oxygens (including phenoxy) is 1. The van der Waals surface area contributed by atoms with Crippen molar-refractivity contribution in [2.24, 2.45) is 5.92 Å². The lowest BCUT2D eigenvalue weighted by Gasteiger charge is -2.18. The lowest BCUT2D eigenvalue weighted by atomic mass is 9.88. The molecule has 1 aliphatic carbocycles. The first-order valence-electron chi connectivity index (χ1n) is 8.92. The summed E-state index contributed by atoms with van der Waals surface area (Å²) in [6.07, 6.45) is 3.17. The van der Waals surface area contributed by atoms with Gasteiger partial charge in [-0.2, -0.15) is 0 Å². The van der Waals surface area contributed by atoms with Crippen molar-refractivity contribution in [3.05, 3.63) is 46.3 Å². The number of fused-ring (bicyclic) bond motifs is 1. The van der Waals surface area contributed by atoms with Gasteiger partial charge < -0.3 is 15.4 Å². The molecule has 0 saturated heterocycles. The Morgan fingerprint density at radius 3 is 2.77 bits per heavy atom. The van der Waals surface area contributed by atoms with Gasteiger partial charge in [-0.3, -0.25) is 9.59 Å². The zero-order valence-corrected chi connectivity index (χ0v) is 15.9. The van der Waals surface area contributed by atoms with Gasteiger partial charge in [0.05, 0.1) is 18.6 Å². The number of anilines is 1. The third kappa shape index (κ3) is 4.25. The van der Waals surface area contributed by atoms with Gasteiger partial charge in [-0.25, -0.2) is 0 Å². The van der Waals surface area contributed by atoms with Crippen LogP contribution >= 0.6 is 11.3 Å². The molecule has 0 saturated carbocycles. The van der Waals surface area contributed by atoms with Gasteiger partial charge in [-0.1, -0.05) is 25.1 Å². The zero-order chi connectivity index (χ0) is 18.5. The molecule has 1 atom stereocenters. The van der Waals surface area contributed by atoms with Crippen LogP contribution in [0.15, 0.2) is 30.3 Å². The molecule has 5 nitrogen and oxygen atoms in total. The lowest BCUT2D eigenvalue weighted by molar-refractivity contribution is -0.116. The summed E-state index contributed by atoms with van der Waals surface area (Å²) in [7, 11) is 1.62. The Labute approximate surface area is 157 Å². The number of carbonyl (C=O) groups is 2. The first-order valence-corrected chi connectivity index (χ1v) is 9.74. The van der Waals surface area contributed by atoms with Crippen molar-refractivity contribution in [2.45, 2.75) is 32.6 Å². The van der Waals surface area contributed by atoms with Crippen LogP contribution in [0.1, 0.15) is 40.6 Å². The molecule has 26 heavy (non-hydrogen) atoms. The molecule has 2 aromatic rings. The van der Waals surface area contributed by atoms with Crippen LogP contribution in [0.25, 0.3) is 0 Å². The smallest absolute Gasteiger partial charge is 0.254 e. The molecule has 0 fully saturated rings. The maximum absolute atomic E-state index is 12.3. The van der Waals surface area contributed by atoms with Gasteiger partial charge >= 0.3 is 0 Å². The van der Waals surface area contributed by atoms with Gasteiger partial charge in [-0.15, -0.1) is 11.3 Å². The first kappa shape index (κ1) is 18.5. The van der Waals surface area contributed by atoms with Gasteiger partial charge in [-0.05, 0) is 42.9 Å². The van der Waals surface area contributed by atoms with Crippen LogP contribution in [0.5, 0.6) is 5.75 Å². The number of amides is 2. The van der Waals surface area contributed by atoms with E-state index in [4.69, 9.17) is 4.74 Å². The predicted molar refractivity (Wildman–Crippen MR) is 104 cm³/mol. The minimum Gasteiger partial charge on any atom is -0.493 e. The van der Waals surface area contributed by atoms with Gasteiger partial charge in [0.2, 0.25) is 5.91 Å². The highest BCUT2D eigenvalue weighted by Crippen LogP contribution is 2.39. The van der Waals surface area contributed by atoms with Gasteiger partial charge in [0, 0.05) is 11.9 Å². The van der Waals surface area contributed by atoms with Crippen LogP contribution in [0.3, 0.4) is 0 Å². The number of rotatable bonds is 6. The fraction of sp³-hybridized carbons (Fsp3) is 0.400. The average Bonchev–Trinajstić information content (AvgIpc) is 2.98. The molecule has 0 bridgehead atoms. The number of nitrogens with one attached hydrogen (secondary N) is 2. The largest absolute Gasteiger partial charge is 0.493 e. The Morgan fingerprint density at radius 1 is 1.27 bits per heavy atom. The molecule has 1 aromatic carbocycles. The third-order valence-corrected chi connectivity index (χ3v) is 5.73. The minimum absolute atomic E-state index is 0.132. The van der Waals surface area contributed by atoms with E-state index in [0.29, 0.717) is 23.1 Å². The summed E-state index contributed by atoms with van der Waals surface area (Å²) in [5, 5.41) is 6.28. The molecule has 138 valence electrons. The molecule has 2 N–H and O–H groups in total. The Kier molecular flexibility index (Phi) is 5.93. The van der Waals surface area contributed by atoms with Crippen molar-refractivity contribution in [3.63, 3.8) is 0 Å². The maximum Gasteiger partial charge on any atom is 0.254 e. The second-order valence-electron chi connectivity index (χ2n) is 6.59. The summed E-state index contributed by atoms with van der Waals surface area (Å²) < 4.78 is 5.57. The summed E-state index contributed by atoms with van der Waals surface area (Å²) in [6, 6.07) is 9.41. The number of hydrogen-bond donors (Lipinski definition) is 2. The summed E-state index contributed by atoms with van der Waals surface area (Å²) >= 11 is 1.53. The van der Waals surface area contributed by atoms with Crippen LogP contribution in [0.2, 0.25) is 0 Å². The monoisotopic (exact) mass is 372 g/mol. The van der Waals surface area contributed by atoms with Crippen molar-refractivity contribution in [3.8, 4) is 5.75 Å². The predicted octanol–water partition coefficient (Wildman–Crippen LogP) is 3.64. The van der Waals surface area contributed by atoms with Crippen molar-refractivity contribution in [2.75, 3.05) is 19.0 Å². The molecule has 0 aliphatic heterocycles. The van der Waals surface area contributed by atoms with E-state index in [1.54, 1.807) is 7.05 Å². The normalized spacial score (nSPS) is 15.8. The molecule has 1 aromatic heterocycles. The summed E-state index contributed by atoms with van der Waals surface area (Å²) in [4.78, 5) is 25.9. The van der Waals surface area contributed by atoms with Gasteiger partial charge in [0.25, 0.3) is 5.91 Å². The third-order valence-electron chi connectivity index (χ3n) is 4.56. The standard InChI is InChI=1S/C20H24N2O3S/c1-13-8-9-15-16(12-13)26-20(18(15)19(24)21-2)22-17(23)10-11-25-14-6-4-3-5-7-14/h3-7,13H,8-12H2,1-2H3,(H,21,24)(H,22,23)/t13-/m1/s1. The number of carbonyl (C=O) groups excluding carboxylic acids is 2. The number of hydrogen-bond acceptors (Lipinski definition) is 4. The van der Waals surface area contributed by atoms with Crippen LogP contribution in [0, 0.1) is 5.92 Å². The second kappa shape index (κ2) is 8.36. The lowest BCUT2D eigenvalue weighted by Crippen LogP contribution is -2.23. The van der Waals surface area contributed by atoms with E-state index in [9.17, 15) is 9.59 Å². The van der Waals surface area contributed by atoms with Crippen molar-refractivity contribution in [1.82, 2.24) is 5.32 Å². The highest BCUT2D eigenvalue weighted by molar-refractivity contribution is 7.17. The molecule has 0 spiro atoms. The molecule has 1 heterocycles. The van der Waals surface area contributed by atoms with Crippen molar-refractivity contribution < 1.29 is 14.3 Å². The number of thiophene rings is 1. The van der Waals surface area contributed by atoms with E-state index in [0.717, 1.165) is 30.6 Å². The molecular weight excluding hydrogens is 348 g/mol. The van der Waals surface area contributed by atoms with E-state index in [1.807, 2.05) is 30.3 Å². The second-order valence-corrected chi connectivity index (χ2v) is 7.70. The average molecular weight is 372 g/mol. The summed E-state index contributed by atoms with van der Waals surface area (Å²) in [6.45, 7) is 2.52. The highest BCUT2D eigenvalue weighted by atomic mass is 32.1. The van der Waals surface area contributed by atoms with Crippen molar-refractivity contribution >= 4 is 28.2 Å².